The molecule has 1 aromatic heterocycles. The molecule has 0 amide bonds. The maximum absolute atomic E-state index is 3.77. The van der Waals surface area contributed by atoms with E-state index < -0.39 is 0 Å². The van der Waals surface area contributed by atoms with Gasteiger partial charge in [0.25, 0.3) is 0 Å². The number of benzene rings is 6. The summed E-state index contributed by atoms with van der Waals surface area (Å²) in [6.45, 7) is 0. The van der Waals surface area contributed by atoms with Crippen LogP contribution in [0.3, 0.4) is 0 Å². The van der Waals surface area contributed by atoms with E-state index >= 15 is 0 Å². The first kappa shape index (κ1) is 23.0. The Balaban J connectivity index is 1.37. The molecule has 1 heterocycles. The Hall–Kier alpha value is -3.98. The number of rotatable bonds is 3. The molecule has 1 aliphatic carbocycles. The van der Waals surface area contributed by atoms with Crippen molar-refractivity contribution in [1.82, 2.24) is 0 Å². The molecule has 0 spiro atoms. The van der Waals surface area contributed by atoms with Crippen molar-refractivity contribution in [2.45, 2.75) is 5.41 Å². The summed E-state index contributed by atoms with van der Waals surface area (Å²) in [4.78, 5) is 0. The van der Waals surface area contributed by atoms with Crippen LogP contribution in [-0.4, -0.2) is 0 Å². The first-order valence-electron chi connectivity index (χ1n) is 13.2. The van der Waals surface area contributed by atoms with Gasteiger partial charge in [0.15, 0.2) is 0 Å². The summed E-state index contributed by atoms with van der Waals surface area (Å²) in [5, 5.41) is 2.67. The lowest BCUT2D eigenvalue weighted by Crippen LogP contribution is -2.28. The van der Waals surface area contributed by atoms with Gasteiger partial charge in [0.1, 0.15) is 0 Å². The van der Waals surface area contributed by atoms with E-state index in [9.17, 15) is 0 Å². The molecule has 0 fully saturated rings. The topological polar surface area (TPSA) is 0 Å². The van der Waals surface area contributed by atoms with Crippen molar-refractivity contribution in [3.8, 4) is 22.3 Å². The molecular weight excluding hydrogens is 556 g/mol. The molecule has 0 unspecified atom stereocenters. The van der Waals surface area contributed by atoms with Crippen molar-refractivity contribution in [2.24, 2.45) is 0 Å². The Morgan fingerprint density at radius 1 is 0.487 bits per heavy atom. The van der Waals surface area contributed by atoms with Crippen LogP contribution in [0.1, 0.15) is 22.3 Å². The number of hydrogen-bond acceptors (Lipinski definition) is 1. The third kappa shape index (κ3) is 3.29. The predicted octanol–water partition coefficient (Wildman–Crippen LogP) is 10.8. The summed E-state index contributed by atoms with van der Waals surface area (Å²) >= 11 is 5.65. The largest absolute Gasteiger partial charge is 0.135 e. The van der Waals surface area contributed by atoms with E-state index in [1.807, 2.05) is 11.3 Å². The molecule has 0 saturated heterocycles. The Morgan fingerprint density at radius 2 is 1.10 bits per heavy atom. The lowest BCUT2D eigenvalue weighted by Gasteiger charge is -2.34. The van der Waals surface area contributed by atoms with Crippen LogP contribution in [-0.2, 0) is 5.41 Å². The van der Waals surface area contributed by atoms with E-state index in [2.05, 4.69) is 155 Å². The van der Waals surface area contributed by atoms with Gasteiger partial charge in [-0.25, -0.2) is 0 Å². The number of thiophene rings is 1. The normalized spacial score (nSPS) is 13.5. The van der Waals surface area contributed by atoms with E-state index in [1.165, 1.54) is 64.7 Å². The van der Waals surface area contributed by atoms with Gasteiger partial charge < -0.3 is 0 Å². The molecular formula is C37H23BrS. The summed E-state index contributed by atoms with van der Waals surface area (Å²) in [5.74, 6) is 0. The van der Waals surface area contributed by atoms with E-state index in [0.29, 0.717) is 0 Å². The molecule has 0 bridgehead atoms. The van der Waals surface area contributed by atoms with Crippen LogP contribution in [0.15, 0.2) is 144 Å². The Bertz CT molecular complexity index is 1980. The number of fused-ring (bicyclic) bond motifs is 6. The van der Waals surface area contributed by atoms with Gasteiger partial charge >= 0.3 is 0 Å². The van der Waals surface area contributed by atoms with Crippen molar-refractivity contribution in [3.63, 3.8) is 0 Å². The van der Waals surface area contributed by atoms with Crippen LogP contribution in [0.4, 0.5) is 0 Å². The quantitative estimate of drug-likeness (QED) is 0.195. The lowest BCUT2D eigenvalue weighted by atomic mass is 9.67. The fraction of sp³-hybridized carbons (Fsp3) is 0.0270. The highest BCUT2D eigenvalue weighted by Crippen LogP contribution is 2.56. The minimum atomic E-state index is -0.390. The standard InChI is InChI=1S/C37H23BrS/c38-27-10-7-9-26(23-27)37(33-16-4-1-11-29(33)30-12-2-5-17-34(30)37)25-21-19-24(20-22-25)28-14-8-15-32-31-13-3-6-18-35(31)39-36(28)32/h1-23H. The van der Waals surface area contributed by atoms with Gasteiger partial charge in [-0.1, -0.05) is 137 Å². The highest BCUT2D eigenvalue weighted by atomic mass is 79.9. The van der Waals surface area contributed by atoms with E-state index in [4.69, 9.17) is 0 Å². The van der Waals surface area contributed by atoms with Gasteiger partial charge in [-0.05, 0) is 62.7 Å². The van der Waals surface area contributed by atoms with Crippen LogP contribution >= 0.6 is 27.3 Å². The second-order valence-corrected chi connectivity index (χ2v) is 12.2. The third-order valence-electron chi connectivity index (χ3n) is 8.24. The first-order chi connectivity index (χ1) is 19.2. The van der Waals surface area contributed by atoms with Gasteiger partial charge in [0.2, 0.25) is 0 Å². The molecule has 2 heteroatoms. The molecule has 0 aliphatic heterocycles. The number of hydrogen-bond donors (Lipinski definition) is 0. The van der Waals surface area contributed by atoms with E-state index in [-0.39, 0.29) is 5.41 Å². The Labute approximate surface area is 240 Å². The molecule has 184 valence electrons. The van der Waals surface area contributed by atoms with Gasteiger partial charge in [-0.2, -0.15) is 0 Å². The summed E-state index contributed by atoms with van der Waals surface area (Å²) in [5.41, 5.74) is 10.0. The van der Waals surface area contributed by atoms with Gasteiger partial charge in [-0.3, -0.25) is 0 Å². The summed E-state index contributed by atoms with van der Waals surface area (Å²) < 4.78 is 3.78. The molecule has 0 atom stereocenters. The predicted molar refractivity (Wildman–Crippen MR) is 170 cm³/mol. The second-order valence-electron chi connectivity index (χ2n) is 10.2. The number of halogens is 1. The SMILES string of the molecule is Brc1cccc(C2(c3ccc(-c4cccc5c4sc4ccccc45)cc3)c3ccccc3-c3ccccc32)c1. The molecule has 6 aromatic carbocycles. The Morgan fingerprint density at radius 3 is 1.85 bits per heavy atom. The van der Waals surface area contributed by atoms with Crippen molar-refractivity contribution in [1.29, 1.82) is 0 Å². The molecule has 7 aromatic rings. The molecule has 39 heavy (non-hydrogen) atoms. The first-order valence-corrected chi connectivity index (χ1v) is 14.8. The molecule has 8 rings (SSSR count). The highest BCUT2D eigenvalue weighted by Gasteiger charge is 2.45. The minimum Gasteiger partial charge on any atom is -0.135 e. The van der Waals surface area contributed by atoms with Crippen LogP contribution in [0.2, 0.25) is 0 Å². The van der Waals surface area contributed by atoms with Gasteiger partial charge in [-0.15, -0.1) is 11.3 Å². The van der Waals surface area contributed by atoms with Crippen LogP contribution < -0.4 is 0 Å². The monoisotopic (exact) mass is 578 g/mol. The molecule has 0 N–H and O–H groups in total. The van der Waals surface area contributed by atoms with Crippen molar-refractivity contribution < 1.29 is 0 Å². The summed E-state index contributed by atoms with van der Waals surface area (Å²) in [7, 11) is 0. The van der Waals surface area contributed by atoms with Gasteiger partial charge in [0, 0.05) is 24.6 Å². The summed E-state index contributed by atoms with van der Waals surface area (Å²) in [6, 6.07) is 51.4. The minimum absolute atomic E-state index is 0.390. The Kier molecular flexibility index (Phi) is 5.16. The third-order valence-corrected chi connectivity index (χ3v) is 9.96. The van der Waals surface area contributed by atoms with E-state index in [0.717, 1.165) is 4.47 Å². The molecule has 0 nitrogen and oxygen atoms in total. The van der Waals surface area contributed by atoms with Crippen molar-refractivity contribution >= 4 is 47.4 Å². The van der Waals surface area contributed by atoms with Crippen molar-refractivity contribution in [3.05, 3.63) is 166 Å². The molecule has 0 saturated carbocycles. The average Bonchev–Trinajstić information content (AvgIpc) is 3.52. The zero-order chi connectivity index (χ0) is 26.0. The van der Waals surface area contributed by atoms with Crippen molar-refractivity contribution in [2.75, 3.05) is 0 Å². The molecule has 1 aliphatic rings. The van der Waals surface area contributed by atoms with Crippen LogP contribution in [0.5, 0.6) is 0 Å². The summed E-state index contributed by atoms with van der Waals surface area (Å²) in [6.07, 6.45) is 0. The zero-order valence-corrected chi connectivity index (χ0v) is 23.5. The average molecular weight is 580 g/mol. The van der Waals surface area contributed by atoms with E-state index in [1.54, 1.807) is 0 Å². The fourth-order valence-corrected chi connectivity index (χ4v) is 8.26. The molecule has 0 radical (unpaired) electrons. The van der Waals surface area contributed by atoms with Crippen LogP contribution in [0, 0.1) is 0 Å². The second kappa shape index (κ2) is 8.77. The maximum atomic E-state index is 3.77. The fourth-order valence-electron chi connectivity index (χ4n) is 6.62. The maximum Gasteiger partial charge on any atom is 0.0713 e. The zero-order valence-electron chi connectivity index (χ0n) is 21.1. The van der Waals surface area contributed by atoms with Crippen LogP contribution in [0.25, 0.3) is 42.4 Å². The smallest absolute Gasteiger partial charge is 0.0713 e. The van der Waals surface area contributed by atoms with Gasteiger partial charge in [0.05, 0.1) is 5.41 Å². The highest BCUT2D eigenvalue weighted by molar-refractivity contribution is 9.10. The lowest BCUT2D eigenvalue weighted by molar-refractivity contribution is 0.768.